The van der Waals surface area contributed by atoms with Gasteiger partial charge in [-0.1, -0.05) is 42.3 Å². The molecule has 2 atom stereocenters. The number of allylic oxidation sites excluding steroid dienone is 2. The molecule has 92 valence electrons. The van der Waals surface area contributed by atoms with Gasteiger partial charge in [0.1, 0.15) is 0 Å². The second-order valence-electron chi connectivity index (χ2n) is 4.31. The molecule has 5 heteroatoms. The predicted octanol–water partition coefficient (Wildman–Crippen LogP) is 3.76. The minimum atomic E-state index is 0.258. The van der Waals surface area contributed by atoms with E-state index in [1.807, 2.05) is 0 Å². The Morgan fingerprint density at radius 1 is 1.29 bits per heavy atom. The van der Waals surface area contributed by atoms with Crippen molar-refractivity contribution in [3.05, 3.63) is 28.5 Å². The maximum atomic E-state index is 5.88. The molecule has 2 rings (SSSR count). The summed E-state index contributed by atoms with van der Waals surface area (Å²) in [5.41, 5.74) is 0. The molecule has 0 saturated carbocycles. The monoisotopic (exact) mass is 272 g/mol. The van der Waals surface area contributed by atoms with Gasteiger partial charge in [0.2, 0.25) is 0 Å². The zero-order chi connectivity index (χ0) is 12.3. The second-order valence-corrected chi connectivity index (χ2v) is 5.06. The van der Waals surface area contributed by atoms with Gasteiger partial charge in [0.25, 0.3) is 0 Å². The molecular formula is C12H14Cl2N2O. The fourth-order valence-electron chi connectivity index (χ4n) is 1.87. The van der Waals surface area contributed by atoms with Crippen LogP contribution in [0.25, 0.3) is 0 Å². The first-order valence-electron chi connectivity index (χ1n) is 5.63. The lowest BCUT2D eigenvalue weighted by molar-refractivity contribution is 0.198. The zero-order valence-corrected chi connectivity index (χ0v) is 11.1. The Morgan fingerprint density at radius 2 is 2.06 bits per heavy atom. The Balaban J connectivity index is 1.97. The lowest BCUT2D eigenvalue weighted by Crippen LogP contribution is -2.21. The molecule has 0 saturated heterocycles. The number of hydrogen-bond acceptors (Lipinski definition) is 3. The average molecular weight is 273 g/mol. The summed E-state index contributed by atoms with van der Waals surface area (Å²) in [6.07, 6.45) is 6.58. The topological polar surface area (TPSA) is 35.0 Å². The lowest BCUT2D eigenvalue weighted by Gasteiger charge is -2.25. The van der Waals surface area contributed by atoms with Crippen LogP contribution in [0.2, 0.25) is 10.3 Å². The number of halogens is 2. The van der Waals surface area contributed by atoms with Crippen LogP contribution in [0, 0.1) is 11.8 Å². The van der Waals surface area contributed by atoms with Crippen molar-refractivity contribution in [2.24, 2.45) is 11.8 Å². The van der Waals surface area contributed by atoms with Crippen LogP contribution in [0.15, 0.2) is 18.2 Å². The van der Waals surface area contributed by atoms with Gasteiger partial charge in [-0.25, -0.2) is 0 Å². The van der Waals surface area contributed by atoms with E-state index in [1.165, 1.54) is 0 Å². The molecule has 1 aliphatic carbocycles. The van der Waals surface area contributed by atoms with E-state index < -0.39 is 0 Å². The second kappa shape index (κ2) is 5.69. The Bertz CT molecular complexity index is 423. The fraction of sp³-hybridized carbons (Fsp3) is 0.500. The third-order valence-corrected chi connectivity index (χ3v) is 3.50. The van der Waals surface area contributed by atoms with E-state index in [0.29, 0.717) is 29.3 Å². The van der Waals surface area contributed by atoms with E-state index in [2.05, 4.69) is 29.3 Å². The summed E-state index contributed by atoms with van der Waals surface area (Å²) in [4.78, 5) is 0. The summed E-state index contributed by atoms with van der Waals surface area (Å²) in [5, 5.41) is 7.90. The molecule has 0 spiro atoms. The van der Waals surface area contributed by atoms with Crippen molar-refractivity contribution in [1.82, 2.24) is 10.2 Å². The van der Waals surface area contributed by atoms with Gasteiger partial charge < -0.3 is 4.74 Å². The molecule has 0 fully saturated rings. The number of hydrogen-bond donors (Lipinski definition) is 0. The highest BCUT2D eigenvalue weighted by Gasteiger charge is 2.19. The van der Waals surface area contributed by atoms with Gasteiger partial charge in [-0.3, -0.25) is 0 Å². The van der Waals surface area contributed by atoms with E-state index in [0.717, 1.165) is 12.8 Å². The van der Waals surface area contributed by atoms with Crippen molar-refractivity contribution in [3.63, 3.8) is 0 Å². The van der Waals surface area contributed by atoms with Crippen molar-refractivity contribution in [1.29, 1.82) is 0 Å². The van der Waals surface area contributed by atoms with Gasteiger partial charge in [-0.2, -0.15) is 0 Å². The first-order chi connectivity index (χ1) is 8.16. The van der Waals surface area contributed by atoms with E-state index in [4.69, 9.17) is 27.9 Å². The van der Waals surface area contributed by atoms with Gasteiger partial charge in [0, 0.05) is 6.07 Å². The van der Waals surface area contributed by atoms with Crippen LogP contribution in [0.4, 0.5) is 0 Å². The van der Waals surface area contributed by atoms with E-state index in [9.17, 15) is 0 Å². The highest BCUT2D eigenvalue weighted by molar-refractivity contribution is 6.32. The van der Waals surface area contributed by atoms with Crippen LogP contribution in [-0.2, 0) is 0 Å². The number of nitrogens with zero attached hydrogens (tertiary/aromatic N) is 2. The highest BCUT2D eigenvalue weighted by atomic mass is 35.5. The Kier molecular flexibility index (Phi) is 4.24. The van der Waals surface area contributed by atoms with E-state index >= 15 is 0 Å². The summed E-state index contributed by atoms with van der Waals surface area (Å²) >= 11 is 11.6. The van der Waals surface area contributed by atoms with Crippen molar-refractivity contribution in [2.75, 3.05) is 6.61 Å². The smallest absolute Gasteiger partial charge is 0.193 e. The van der Waals surface area contributed by atoms with Crippen LogP contribution < -0.4 is 4.74 Å². The van der Waals surface area contributed by atoms with Gasteiger partial charge in [0.15, 0.2) is 16.1 Å². The predicted molar refractivity (Wildman–Crippen MR) is 68.6 cm³/mol. The van der Waals surface area contributed by atoms with Crippen molar-refractivity contribution in [2.45, 2.75) is 19.8 Å². The molecule has 0 aromatic carbocycles. The maximum absolute atomic E-state index is 5.88. The zero-order valence-electron chi connectivity index (χ0n) is 9.57. The molecular weight excluding hydrogens is 259 g/mol. The molecule has 0 bridgehead atoms. The largest absolute Gasteiger partial charge is 0.490 e. The molecule has 2 unspecified atom stereocenters. The van der Waals surface area contributed by atoms with E-state index in [1.54, 1.807) is 6.07 Å². The molecule has 0 radical (unpaired) electrons. The van der Waals surface area contributed by atoms with Gasteiger partial charge in [-0.15, -0.1) is 10.2 Å². The minimum absolute atomic E-state index is 0.258. The third kappa shape index (κ3) is 3.33. The quantitative estimate of drug-likeness (QED) is 0.786. The minimum Gasteiger partial charge on any atom is -0.490 e. The van der Waals surface area contributed by atoms with Gasteiger partial charge in [-0.05, 0) is 24.7 Å². The van der Waals surface area contributed by atoms with Crippen molar-refractivity contribution in [3.8, 4) is 5.75 Å². The molecule has 3 nitrogen and oxygen atoms in total. The Morgan fingerprint density at radius 3 is 2.82 bits per heavy atom. The maximum Gasteiger partial charge on any atom is 0.193 e. The molecule has 1 aliphatic rings. The van der Waals surface area contributed by atoms with Gasteiger partial charge >= 0.3 is 0 Å². The first kappa shape index (κ1) is 12.7. The SMILES string of the molecule is CC1CC=CCC1COc1cc(Cl)nnc1Cl. The number of ether oxygens (including phenoxy) is 1. The van der Waals surface area contributed by atoms with Crippen molar-refractivity contribution >= 4 is 23.2 Å². The Labute approximate surface area is 111 Å². The van der Waals surface area contributed by atoms with E-state index in [-0.39, 0.29) is 5.15 Å². The highest BCUT2D eigenvalue weighted by Crippen LogP contribution is 2.28. The average Bonchev–Trinajstić information content (AvgIpc) is 2.32. The van der Waals surface area contributed by atoms with Crippen LogP contribution in [0.3, 0.4) is 0 Å². The molecule has 17 heavy (non-hydrogen) atoms. The summed E-state index contributed by atoms with van der Waals surface area (Å²) in [5.74, 6) is 1.65. The molecule has 0 aliphatic heterocycles. The van der Waals surface area contributed by atoms with Crippen LogP contribution in [0.5, 0.6) is 5.75 Å². The standard InChI is InChI=1S/C12H14Cl2N2O/c1-8-4-2-3-5-9(8)7-17-10-6-11(13)15-16-12(10)14/h2-3,6,8-9H,4-5,7H2,1H3. The summed E-state index contributed by atoms with van der Waals surface area (Å²) < 4.78 is 5.67. The third-order valence-electron chi connectivity index (χ3n) is 3.06. The molecule has 0 N–H and O–H groups in total. The number of aromatic nitrogens is 2. The Hall–Kier alpha value is -0.800. The molecule has 1 heterocycles. The fourth-order valence-corrected chi connectivity index (χ4v) is 2.16. The summed E-state index contributed by atoms with van der Waals surface area (Å²) in [6.45, 7) is 2.87. The molecule has 0 amide bonds. The lowest BCUT2D eigenvalue weighted by atomic mass is 9.85. The normalized spacial score (nSPS) is 23.7. The van der Waals surface area contributed by atoms with Crippen molar-refractivity contribution < 1.29 is 4.74 Å². The van der Waals surface area contributed by atoms with Crippen LogP contribution in [0.1, 0.15) is 19.8 Å². The molecule has 1 aromatic rings. The summed E-state index contributed by atoms with van der Waals surface area (Å²) in [6, 6.07) is 1.60. The number of rotatable bonds is 3. The van der Waals surface area contributed by atoms with Gasteiger partial charge in [0.05, 0.1) is 6.61 Å². The van der Waals surface area contributed by atoms with Crippen LogP contribution in [-0.4, -0.2) is 16.8 Å². The summed E-state index contributed by atoms with van der Waals surface area (Å²) in [7, 11) is 0. The van der Waals surface area contributed by atoms with Crippen LogP contribution >= 0.6 is 23.2 Å². The molecule has 1 aromatic heterocycles. The first-order valence-corrected chi connectivity index (χ1v) is 6.39.